The molecule has 3 rings (SSSR count). The molecule has 0 aromatic carbocycles. The highest BCUT2D eigenvalue weighted by molar-refractivity contribution is 7.89. The molecule has 2 atom stereocenters. The van der Waals surface area contributed by atoms with Gasteiger partial charge in [0.05, 0.1) is 5.75 Å². The summed E-state index contributed by atoms with van der Waals surface area (Å²) in [5.74, 6) is 0.367. The lowest BCUT2D eigenvalue weighted by Gasteiger charge is -2.37. The molecule has 6 nitrogen and oxygen atoms in total. The van der Waals surface area contributed by atoms with E-state index in [2.05, 4.69) is 13.8 Å². The van der Waals surface area contributed by atoms with Crippen molar-refractivity contribution in [2.45, 2.75) is 46.5 Å². The first-order valence-electron chi connectivity index (χ1n) is 8.87. The Labute approximate surface area is 144 Å². The second-order valence-electron chi connectivity index (χ2n) is 8.18. The zero-order valence-corrected chi connectivity index (χ0v) is 15.7. The third-order valence-corrected chi connectivity index (χ3v) is 8.87. The number of hydrogen-bond acceptors (Lipinski definition) is 4. The standard InChI is InChI=1S/C17H28N2O4S/c1-13(20)18-7-4-8-19(10-9-18)24(22,23)12-17-6-5-14(11-15(17)21)16(17,2)3/h14H,4-12H2,1-3H3. The number of nitrogens with zero attached hydrogens (tertiary/aromatic N) is 2. The molecule has 1 amide bonds. The number of rotatable bonds is 3. The third kappa shape index (κ3) is 2.60. The summed E-state index contributed by atoms with van der Waals surface area (Å²) in [6.45, 7) is 7.42. The molecule has 3 aliphatic rings. The van der Waals surface area contributed by atoms with Crippen molar-refractivity contribution in [1.29, 1.82) is 0 Å². The molecule has 1 saturated heterocycles. The highest BCUT2D eigenvalue weighted by Crippen LogP contribution is 2.64. The maximum absolute atomic E-state index is 13.1. The molecule has 2 unspecified atom stereocenters. The molecule has 0 N–H and O–H groups in total. The Balaban J connectivity index is 1.79. The Bertz CT molecular complexity index is 658. The molecule has 24 heavy (non-hydrogen) atoms. The quantitative estimate of drug-likeness (QED) is 0.763. The first kappa shape index (κ1) is 17.9. The monoisotopic (exact) mass is 356 g/mol. The Morgan fingerprint density at radius 2 is 1.92 bits per heavy atom. The molecule has 0 aromatic heterocycles. The minimum Gasteiger partial charge on any atom is -0.342 e. The van der Waals surface area contributed by atoms with Gasteiger partial charge < -0.3 is 4.90 Å². The summed E-state index contributed by atoms with van der Waals surface area (Å²) in [4.78, 5) is 25.8. The molecular weight excluding hydrogens is 328 g/mol. The van der Waals surface area contributed by atoms with Gasteiger partial charge in [-0.15, -0.1) is 0 Å². The predicted molar refractivity (Wildman–Crippen MR) is 90.8 cm³/mol. The smallest absolute Gasteiger partial charge is 0.219 e. The van der Waals surface area contributed by atoms with Crippen molar-refractivity contribution in [3.63, 3.8) is 0 Å². The highest BCUT2D eigenvalue weighted by atomic mass is 32.2. The zero-order valence-electron chi connectivity index (χ0n) is 14.9. The third-order valence-electron chi connectivity index (χ3n) is 6.86. The van der Waals surface area contributed by atoms with Crippen LogP contribution in [0.2, 0.25) is 0 Å². The largest absolute Gasteiger partial charge is 0.342 e. The summed E-state index contributed by atoms with van der Waals surface area (Å²) in [6, 6.07) is 0. The fourth-order valence-corrected chi connectivity index (χ4v) is 7.25. The minimum atomic E-state index is -3.51. The van der Waals surface area contributed by atoms with Crippen molar-refractivity contribution >= 4 is 21.7 Å². The number of fused-ring (bicyclic) bond motifs is 2. The van der Waals surface area contributed by atoms with Gasteiger partial charge >= 0.3 is 0 Å². The van der Waals surface area contributed by atoms with Crippen LogP contribution >= 0.6 is 0 Å². The number of hydrogen-bond donors (Lipinski definition) is 0. The number of ketones is 1. The van der Waals surface area contributed by atoms with Crippen LogP contribution in [0, 0.1) is 16.7 Å². The normalized spacial score (nSPS) is 33.7. The number of sulfonamides is 1. The van der Waals surface area contributed by atoms with E-state index in [0.29, 0.717) is 51.4 Å². The summed E-state index contributed by atoms with van der Waals surface area (Å²) in [7, 11) is -3.51. The Morgan fingerprint density at radius 3 is 2.46 bits per heavy atom. The number of Topliss-reactive ketones (excluding diaryl/α,β-unsaturated/α-hetero) is 1. The lowest BCUT2D eigenvalue weighted by molar-refractivity contribution is -0.129. The molecular formula is C17H28N2O4S. The van der Waals surface area contributed by atoms with Crippen LogP contribution in [0.1, 0.15) is 46.5 Å². The first-order valence-corrected chi connectivity index (χ1v) is 10.5. The van der Waals surface area contributed by atoms with E-state index in [1.54, 1.807) is 4.90 Å². The molecule has 3 fully saturated rings. The van der Waals surface area contributed by atoms with Crippen LogP contribution in [0.25, 0.3) is 0 Å². The van der Waals surface area contributed by atoms with Gasteiger partial charge in [0, 0.05) is 44.9 Å². The van der Waals surface area contributed by atoms with E-state index in [4.69, 9.17) is 0 Å². The van der Waals surface area contributed by atoms with E-state index in [-0.39, 0.29) is 22.9 Å². The van der Waals surface area contributed by atoms with Gasteiger partial charge in [0.25, 0.3) is 0 Å². The minimum absolute atomic E-state index is 0.0152. The average molecular weight is 356 g/mol. The molecule has 1 aliphatic heterocycles. The van der Waals surface area contributed by atoms with Gasteiger partial charge in [-0.1, -0.05) is 13.8 Å². The van der Waals surface area contributed by atoms with Gasteiger partial charge in [0.15, 0.2) is 0 Å². The van der Waals surface area contributed by atoms with Crippen LogP contribution in [-0.2, 0) is 19.6 Å². The number of amides is 1. The van der Waals surface area contributed by atoms with Crippen molar-refractivity contribution in [1.82, 2.24) is 9.21 Å². The predicted octanol–water partition coefficient (Wildman–Crippen LogP) is 1.27. The summed E-state index contributed by atoms with van der Waals surface area (Å²) < 4.78 is 27.6. The number of carbonyl (C=O) groups excluding carboxylic acids is 2. The van der Waals surface area contributed by atoms with Gasteiger partial charge in [-0.05, 0) is 30.6 Å². The molecule has 2 saturated carbocycles. The molecule has 136 valence electrons. The van der Waals surface area contributed by atoms with Crippen molar-refractivity contribution in [2.75, 3.05) is 31.9 Å². The van der Waals surface area contributed by atoms with Crippen molar-refractivity contribution in [3.05, 3.63) is 0 Å². The highest BCUT2D eigenvalue weighted by Gasteiger charge is 2.65. The van der Waals surface area contributed by atoms with Gasteiger partial charge in [-0.2, -0.15) is 0 Å². The molecule has 2 bridgehead atoms. The van der Waals surface area contributed by atoms with Gasteiger partial charge in [-0.25, -0.2) is 12.7 Å². The van der Waals surface area contributed by atoms with E-state index in [1.165, 1.54) is 11.2 Å². The second kappa shape index (κ2) is 5.80. The van der Waals surface area contributed by atoms with Crippen LogP contribution in [0.15, 0.2) is 0 Å². The van der Waals surface area contributed by atoms with E-state index < -0.39 is 15.4 Å². The maximum Gasteiger partial charge on any atom is 0.219 e. The first-order chi connectivity index (χ1) is 11.1. The van der Waals surface area contributed by atoms with Crippen LogP contribution in [0.5, 0.6) is 0 Å². The van der Waals surface area contributed by atoms with E-state index in [0.717, 1.165) is 6.42 Å². The average Bonchev–Trinajstić information content (AvgIpc) is 2.74. The van der Waals surface area contributed by atoms with Crippen LogP contribution < -0.4 is 0 Å². The molecule has 0 aromatic rings. The summed E-state index contributed by atoms with van der Waals surface area (Å²) in [5.41, 5.74) is -0.961. The number of carbonyl (C=O) groups is 2. The van der Waals surface area contributed by atoms with Gasteiger partial charge in [-0.3, -0.25) is 9.59 Å². The molecule has 1 heterocycles. The lowest BCUT2D eigenvalue weighted by atomic mass is 9.70. The molecule has 0 spiro atoms. The fourth-order valence-electron chi connectivity index (χ4n) is 5.00. The van der Waals surface area contributed by atoms with E-state index in [1.807, 2.05) is 0 Å². The SMILES string of the molecule is CC(=O)N1CCCN(S(=O)(=O)CC23CCC(CC2=O)C3(C)C)CC1. The van der Waals surface area contributed by atoms with Crippen molar-refractivity contribution in [2.24, 2.45) is 16.7 Å². The van der Waals surface area contributed by atoms with Crippen LogP contribution in [0.3, 0.4) is 0 Å². The molecule has 7 heteroatoms. The maximum atomic E-state index is 13.1. The lowest BCUT2D eigenvalue weighted by Crippen LogP contribution is -2.47. The molecule has 0 radical (unpaired) electrons. The fraction of sp³-hybridized carbons (Fsp3) is 0.882. The van der Waals surface area contributed by atoms with E-state index in [9.17, 15) is 18.0 Å². The summed E-state index contributed by atoms with van der Waals surface area (Å²) in [5, 5.41) is 0. The van der Waals surface area contributed by atoms with E-state index >= 15 is 0 Å². The Hall–Kier alpha value is -0.950. The van der Waals surface area contributed by atoms with Crippen LogP contribution in [-0.4, -0.2) is 61.2 Å². The second-order valence-corrected chi connectivity index (χ2v) is 10.2. The van der Waals surface area contributed by atoms with Crippen LogP contribution in [0.4, 0.5) is 0 Å². The Morgan fingerprint density at radius 1 is 1.21 bits per heavy atom. The van der Waals surface area contributed by atoms with Crippen molar-refractivity contribution in [3.8, 4) is 0 Å². The summed E-state index contributed by atoms with van der Waals surface area (Å²) in [6.07, 6.45) is 2.81. The topological polar surface area (TPSA) is 74.8 Å². The zero-order chi connectivity index (χ0) is 17.8. The van der Waals surface area contributed by atoms with Gasteiger partial charge in [0.2, 0.25) is 15.9 Å². The molecule has 2 aliphatic carbocycles. The Kier molecular flexibility index (Phi) is 4.31. The summed E-state index contributed by atoms with van der Waals surface area (Å²) >= 11 is 0. The van der Waals surface area contributed by atoms with Crippen molar-refractivity contribution < 1.29 is 18.0 Å². The van der Waals surface area contributed by atoms with Gasteiger partial charge in [0.1, 0.15) is 5.78 Å².